The van der Waals surface area contributed by atoms with E-state index in [4.69, 9.17) is 0 Å². The van der Waals surface area contributed by atoms with Crippen molar-refractivity contribution in [1.29, 1.82) is 0 Å². The highest BCUT2D eigenvalue weighted by atomic mass is 32.1. The first kappa shape index (κ1) is 16.5. The number of hydrogen-bond acceptors (Lipinski definition) is 4. The van der Waals surface area contributed by atoms with Gasteiger partial charge in [0.15, 0.2) is 0 Å². The summed E-state index contributed by atoms with van der Waals surface area (Å²) in [5, 5.41) is 12.6. The van der Waals surface area contributed by atoms with Crippen LogP contribution in [0.5, 0.6) is 0 Å². The van der Waals surface area contributed by atoms with Crippen molar-refractivity contribution in [3.05, 3.63) is 64.9 Å². The molecule has 3 aromatic heterocycles. The Balaban J connectivity index is 1.36. The molecule has 0 aliphatic heterocycles. The largest absolute Gasteiger partial charge is 0.351 e. The number of nitrogens with one attached hydrogen (secondary N) is 1. The Bertz CT molecular complexity index is 1010. The van der Waals surface area contributed by atoms with Crippen LogP contribution in [-0.4, -0.2) is 32.0 Å². The van der Waals surface area contributed by atoms with E-state index in [0.717, 1.165) is 32.9 Å². The summed E-state index contributed by atoms with van der Waals surface area (Å²) in [6.07, 6.45) is 4.46. The van der Waals surface area contributed by atoms with Crippen LogP contribution in [0.4, 0.5) is 0 Å². The van der Waals surface area contributed by atoms with Gasteiger partial charge in [0.25, 0.3) is 5.91 Å². The summed E-state index contributed by atoms with van der Waals surface area (Å²) in [5.41, 5.74) is 3.16. The number of hydrogen-bond donors (Lipinski definition) is 1. The minimum absolute atomic E-state index is 0.0289. The van der Waals surface area contributed by atoms with Crippen molar-refractivity contribution in [2.45, 2.75) is 13.3 Å². The summed E-state index contributed by atoms with van der Waals surface area (Å²) in [6.45, 7) is 2.56. The summed E-state index contributed by atoms with van der Waals surface area (Å²) in [5.74, 6) is -0.0289. The van der Waals surface area contributed by atoms with Gasteiger partial charge >= 0.3 is 0 Å². The zero-order chi connectivity index (χ0) is 18.1. The molecular formula is C19H19N5OS. The summed E-state index contributed by atoms with van der Waals surface area (Å²) in [7, 11) is 1.90. The predicted molar refractivity (Wildman–Crippen MR) is 103 cm³/mol. The number of nitrogens with zero attached hydrogens (tertiary/aromatic N) is 4. The van der Waals surface area contributed by atoms with Crippen molar-refractivity contribution < 1.29 is 4.79 Å². The molecule has 1 aromatic carbocycles. The van der Waals surface area contributed by atoms with Gasteiger partial charge < -0.3 is 5.32 Å². The van der Waals surface area contributed by atoms with Crippen LogP contribution in [0.2, 0.25) is 0 Å². The van der Waals surface area contributed by atoms with Gasteiger partial charge in [0.2, 0.25) is 0 Å². The number of fused-ring (bicyclic) bond motifs is 1. The van der Waals surface area contributed by atoms with E-state index in [2.05, 4.69) is 27.6 Å². The minimum atomic E-state index is -0.0289. The van der Waals surface area contributed by atoms with Crippen molar-refractivity contribution in [2.75, 3.05) is 6.54 Å². The number of aryl methyl sites for hydroxylation is 2. The van der Waals surface area contributed by atoms with E-state index >= 15 is 0 Å². The third-order valence-electron chi connectivity index (χ3n) is 4.32. The zero-order valence-corrected chi connectivity index (χ0v) is 15.5. The fraction of sp³-hybridized carbons (Fsp3) is 0.211. The maximum absolute atomic E-state index is 12.4. The minimum Gasteiger partial charge on any atom is -0.351 e. The van der Waals surface area contributed by atoms with E-state index in [1.807, 2.05) is 53.8 Å². The maximum Gasteiger partial charge on any atom is 0.261 e. The van der Waals surface area contributed by atoms with Crippen molar-refractivity contribution in [3.63, 3.8) is 0 Å². The molecule has 0 bridgehead atoms. The summed E-state index contributed by atoms with van der Waals surface area (Å²) in [6, 6.07) is 12.0. The lowest BCUT2D eigenvalue weighted by Crippen LogP contribution is -2.24. The van der Waals surface area contributed by atoms with E-state index in [-0.39, 0.29) is 5.91 Å². The lowest BCUT2D eigenvalue weighted by molar-refractivity contribution is 0.0958. The molecule has 0 aliphatic rings. The molecule has 0 fully saturated rings. The van der Waals surface area contributed by atoms with E-state index in [1.54, 1.807) is 6.20 Å². The van der Waals surface area contributed by atoms with E-state index in [1.165, 1.54) is 16.9 Å². The first-order valence-corrected chi connectivity index (χ1v) is 9.24. The number of carbonyl (C=O) groups is 1. The molecule has 4 rings (SSSR count). The number of amides is 1. The molecule has 0 radical (unpaired) electrons. The number of benzene rings is 1. The second kappa shape index (κ2) is 6.76. The third-order valence-corrected chi connectivity index (χ3v) is 5.53. The fourth-order valence-electron chi connectivity index (χ4n) is 2.96. The number of aromatic nitrogens is 4. The van der Waals surface area contributed by atoms with Gasteiger partial charge in [-0.3, -0.25) is 9.48 Å². The van der Waals surface area contributed by atoms with Crippen molar-refractivity contribution in [3.8, 4) is 5.69 Å². The van der Waals surface area contributed by atoms with Gasteiger partial charge in [-0.05, 0) is 43.2 Å². The van der Waals surface area contributed by atoms with E-state index in [9.17, 15) is 4.79 Å². The summed E-state index contributed by atoms with van der Waals surface area (Å²) < 4.78 is 3.65. The predicted octanol–water partition coefficient (Wildman–Crippen LogP) is 3.10. The van der Waals surface area contributed by atoms with Gasteiger partial charge in [-0.2, -0.15) is 10.2 Å². The average Bonchev–Trinajstić information content (AvgIpc) is 3.36. The highest BCUT2D eigenvalue weighted by molar-refractivity contribution is 7.20. The molecule has 6 nitrogen and oxygen atoms in total. The Hall–Kier alpha value is -2.93. The number of rotatable bonds is 5. The Morgan fingerprint density at radius 3 is 2.77 bits per heavy atom. The molecule has 3 heterocycles. The molecule has 0 spiro atoms. The molecule has 7 heteroatoms. The molecule has 26 heavy (non-hydrogen) atoms. The molecule has 0 aliphatic carbocycles. The summed E-state index contributed by atoms with van der Waals surface area (Å²) in [4.78, 5) is 14.1. The second-order valence-corrected chi connectivity index (χ2v) is 7.19. The molecule has 0 saturated carbocycles. The van der Waals surface area contributed by atoms with Crippen LogP contribution in [0.3, 0.4) is 0 Å². The van der Waals surface area contributed by atoms with Crippen LogP contribution in [0.15, 0.2) is 48.8 Å². The second-order valence-electron chi connectivity index (χ2n) is 6.16. The monoisotopic (exact) mass is 365 g/mol. The number of carbonyl (C=O) groups excluding carboxylic acids is 1. The lowest BCUT2D eigenvalue weighted by Gasteiger charge is -2.06. The van der Waals surface area contributed by atoms with Crippen LogP contribution < -0.4 is 5.32 Å². The van der Waals surface area contributed by atoms with Crippen molar-refractivity contribution in [1.82, 2.24) is 24.9 Å². The summed E-state index contributed by atoms with van der Waals surface area (Å²) >= 11 is 1.48. The molecule has 4 aromatic rings. The number of thiophene rings is 1. The Labute approximate surface area is 155 Å². The van der Waals surface area contributed by atoms with Crippen LogP contribution in [0, 0.1) is 6.92 Å². The highest BCUT2D eigenvalue weighted by Gasteiger charge is 2.14. The molecule has 1 N–H and O–H groups in total. The molecule has 132 valence electrons. The maximum atomic E-state index is 12.4. The van der Waals surface area contributed by atoms with Crippen molar-refractivity contribution >= 4 is 27.5 Å². The molecule has 1 amide bonds. The quantitative estimate of drug-likeness (QED) is 0.591. The SMILES string of the molecule is Cc1nn(C)c2sc(C(=O)NCCc3ccc(-n4cccn4)cc3)cc12. The smallest absolute Gasteiger partial charge is 0.261 e. The van der Waals surface area contributed by atoms with Gasteiger partial charge in [0.1, 0.15) is 4.83 Å². The first-order chi connectivity index (χ1) is 12.6. The van der Waals surface area contributed by atoms with Gasteiger partial charge in [0, 0.05) is 31.4 Å². The Morgan fingerprint density at radius 1 is 1.27 bits per heavy atom. The highest BCUT2D eigenvalue weighted by Crippen LogP contribution is 2.27. The van der Waals surface area contributed by atoms with Gasteiger partial charge in [-0.1, -0.05) is 12.1 Å². The van der Waals surface area contributed by atoms with Crippen LogP contribution in [0.1, 0.15) is 20.9 Å². The normalized spacial score (nSPS) is 11.2. The molecular weight excluding hydrogens is 346 g/mol. The van der Waals surface area contributed by atoms with E-state index < -0.39 is 0 Å². The molecule has 0 atom stereocenters. The third kappa shape index (κ3) is 3.13. The zero-order valence-electron chi connectivity index (χ0n) is 14.6. The van der Waals surface area contributed by atoms with Crippen LogP contribution in [0.25, 0.3) is 15.9 Å². The van der Waals surface area contributed by atoms with E-state index in [0.29, 0.717) is 6.54 Å². The fourth-order valence-corrected chi connectivity index (χ4v) is 4.00. The Kier molecular flexibility index (Phi) is 4.30. The van der Waals surface area contributed by atoms with Crippen LogP contribution in [-0.2, 0) is 13.5 Å². The average molecular weight is 365 g/mol. The Morgan fingerprint density at radius 2 is 2.08 bits per heavy atom. The van der Waals surface area contributed by atoms with Gasteiger partial charge in [-0.25, -0.2) is 4.68 Å². The van der Waals surface area contributed by atoms with Gasteiger partial charge in [0.05, 0.1) is 16.3 Å². The first-order valence-electron chi connectivity index (χ1n) is 8.42. The van der Waals surface area contributed by atoms with Crippen LogP contribution >= 0.6 is 11.3 Å². The van der Waals surface area contributed by atoms with Crippen molar-refractivity contribution in [2.24, 2.45) is 7.05 Å². The lowest BCUT2D eigenvalue weighted by atomic mass is 10.1. The molecule has 0 saturated heterocycles. The molecule has 0 unspecified atom stereocenters. The van der Waals surface area contributed by atoms with Gasteiger partial charge in [-0.15, -0.1) is 11.3 Å². The topological polar surface area (TPSA) is 64.7 Å². The standard InChI is InChI=1S/C19H19N5OS/c1-13-16-12-17(26-19(16)23(2)22-13)18(25)20-10-8-14-4-6-15(7-5-14)24-11-3-9-21-24/h3-7,9,11-12H,8,10H2,1-2H3,(H,20,25).